The van der Waals surface area contributed by atoms with E-state index in [1.165, 1.54) is 0 Å². The third-order valence-corrected chi connectivity index (χ3v) is 4.57. The maximum absolute atomic E-state index is 11.3. The van der Waals surface area contributed by atoms with Crippen LogP contribution in [0.2, 0.25) is 0 Å². The highest BCUT2D eigenvalue weighted by atomic mass is 35.5. The standard InChI is InChI=1S/C20H16ClNO/c21-20(16-7-3-1-4-8-16,17-9-5-2-6-10-17)18-13-11-15(12-14-18)19(22)23/h1-14H,(H2,22,23). The van der Waals surface area contributed by atoms with Crippen LogP contribution >= 0.6 is 11.6 Å². The summed E-state index contributed by atoms with van der Waals surface area (Å²) < 4.78 is 0. The number of carbonyl (C=O) groups excluding carboxylic acids is 1. The van der Waals surface area contributed by atoms with E-state index >= 15 is 0 Å². The van der Waals surface area contributed by atoms with Crippen LogP contribution in [0.1, 0.15) is 27.0 Å². The average molecular weight is 322 g/mol. The van der Waals surface area contributed by atoms with Crippen LogP contribution in [-0.4, -0.2) is 5.91 Å². The maximum Gasteiger partial charge on any atom is 0.248 e. The Morgan fingerprint density at radius 1 is 0.696 bits per heavy atom. The van der Waals surface area contributed by atoms with Crippen LogP contribution in [0.4, 0.5) is 0 Å². The minimum atomic E-state index is -0.821. The van der Waals surface area contributed by atoms with Gasteiger partial charge < -0.3 is 5.73 Å². The molecule has 0 aliphatic rings. The quantitative estimate of drug-likeness (QED) is 0.564. The number of nitrogens with two attached hydrogens (primary N) is 1. The topological polar surface area (TPSA) is 43.1 Å². The second-order valence-electron chi connectivity index (χ2n) is 5.33. The van der Waals surface area contributed by atoms with E-state index in [2.05, 4.69) is 0 Å². The average Bonchev–Trinajstić information content (AvgIpc) is 2.62. The number of benzene rings is 3. The summed E-state index contributed by atoms with van der Waals surface area (Å²) in [6.07, 6.45) is 0. The highest BCUT2D eigenvalue weighted by Crippen LogP contribution is 2.42. The van der Waals surface area contributed by atoms with Gasteiger partial charge in [0, 0.05) is 5.56 Å². The van der Waals surface area contributed by atoms with E-state index in [1.807, 2.05) is 72.8 Å². The van der Waals surface area contributed by atoms with Gasteiger partial charge >= 0.3 is 0 Å². The number of hydrogen-bond donors (Lipinski definition) is 1. The molecule has 23 heavy (non-hydrogen) atoms. The summed E-state index contributed by atoms with van der Waals surface area (Å²) >= 11 is 7.13. The lowest BCUT2D eigenvalue weighted by Gasteiger charge is -2.29. The Balaban J connectivity index is 2.18. The molecule has 0 bridgehead atoms. The van der Waals surface area contributed by atoms with E-state index < -0.39 is 10.8 Å². The first-order valence-electron chi connectivity index (χ1n) is 7.32. The Hall–Kier alpha value is -2.58. The molecular weight excluding hydrogens is 306 g/mol. The molecule has 0 saturated heterocycles. The first kappa shape index (κ1) is 15.3. The number of alkyl halides is 1. The minimum absolute atomic E-state index is 0.448. The van der Waals surface area contributed by atoms with Crippen LogP contribution < -0.4 is 5.73 Å². The SMILES string of the molecule is NC(=O)c1ccc(C(Cl)(c2ccccc2)c2ccccc2)cc1. The largest absolute Gasteiger partial charge is 0.366 e. The number of primary amides is 1. The maximum atomic E-state index is 11.3. The van der Waals surface area contributed by atoms with Crippen molar-refractivity contribution in [3.63, 3.8) is 0 Å². The molecule has 3 aromatic carbocycles. The molecule has 3 heteroatoms. The first-order chi connectivity index (χ1) is 11.1. The van der Waals surface area contributed by atoms with Crippen LogP contribution in [0.25, 0.3) is 0 Å². The van der Waals surface area contributed by atoms with Crippen LogP contribution in [0, 0.1) is 0 Å². The second kappa shape index (κ2) is 6.27. The predicted molar refractivity (Wildman–Crippen MR) is 93.6 cm³/mol. The normalized spacial score (nSPS) is 11.2. The van der Waals surface area contributed by atoms with Crippen molar-refractivity contribution in [1.82, 2.24) is 0 Å². The molecule has 0 aliphatic carbocycles. The van der Waals surface area contributed by atoms with Gasteiger partial charge in [-0.15, -0.1) is 11.6 Å². The monoisotopic (exact) mass is 321 g/mol. The smallest absolute Gasteiger partial charge is 0.248 e. The lowest BCUT2D eigenvalue weighted by molar-refractivity contribution is 0.100. The molecular formula is C20H16ClNO. The third kappa shape index (κ3) is 2.86. The molecule has 0 spiro atoms. The summed E-state index contributed by atoms with van der Waals surface area (Å²) in [6, 6.07) is 26.9. The predicted octanol–water partition coefficient (Wildman–Crippen LogP) is 4.32. The highest BCUT2D eigenvalue weighted by molar-refractivity contribution is 6.28. The third-order valence-electron chi connectivity index (χ3n) is 3.91. The molecule has 0 fully saturated rings. The fraction of sp³-hybridized carbons (Fsp3) is 0.0500. The van der Waals surface area contributed by atoms with Gasteiger partial charge in [0.1, 0.15) is 4.87 Å². The molecule has 2 N–H and O–H groups in total. The Kier molecular flexibility index (Phi) is 4.18. The van der Waals surface area contributed by atoms with Gasteiger partial charge in [-0.05, 0) is 28.8 Å². The summed E-state index contributed by atoms with van der Waals surface area (Å²) in [6.45, 7) is 0. The lowest BCUT2D eigenvalue weighted by Crippen LogP contribution is -2.22. The number of hydrogen-bond acceptors (Lipinski definition) is 1. The summed E-state index contributed by atoms with van der Waals surface area (Å²) in [5, 5.41) is 0. The van der Waals surface area contributed by atoms with E-state index in [-0.39, 0.29) is 0 Å². The Morgan fingerprint density at radius 3 is 1.48 bits per heavy atom. The minimum Gasteiger partial charge on any atom is -0.366 e. The van der Waals surface area contributed by atoms with E-state index in [1.54, 1.807) is 12.1 Å². The molecule has 0 aromatic heterocycles. The van der Waals surface area contributed by atoms with Gasteiger partial charge in [0.05, 0.1) is 0 Å². The van der Waals surface area contributed by atoms with E-state index in [9.17, 15) is 4.79 Å². The van der Waals surface area contributed by atoms with Crippen molar-refractivity contribution in [1.29, 1.82) is 0 Å². The van der Waals surface area contributed by atoms with E-state index in [0.29, 0.717) is 5.56 Å². The zero-order valence-electron chi connectivity index (χ0n) is 12.4. The van der Waals surface area contributed by atoms with Crippen molar-refractivity contribution in [2.75, 3.05) is 0 Å². The Bertz CT molecular complexity index is 759. The number of halogens is 1. The molecule has 0 aliphatic heterocycles. The molecule has 3 aromatic rings. The Morgan fingerprint density at radius 2 is 1.09 bits per heavy atom. The molecule has 2 nitrogen and oxygen atoms in total. The van der Waals surface area contributed by atoms with Crippen LogP contribution in [0.5, 0.6) is 0 Å². The van der Waals surface area contributed by atoms with Gasteiger partial charge in [-0.25, -0.2) is 0 Å². The zero-order valence-corrected chi connectivity index (χ0v) is 13.2. The molecule has 0 heterocycles. The summed E-state index contributed by atoms with van der Waals surface area (Å²) in [5.74, 6) is -0.448. The van der Waals surface area contributed by atoms with Gasteiger partial charge in [-0.1, -0.05) is 72.8 Å². The molecule has 3 rings (SSSR count). The first-order valence-corrected chi connectivity index (χ1v) is 7.70. The molecule has 0 unspecified atom stereocenters. The van der Waals surface area contributed by atoms with Crippen molar-refractivity contribution in [3.05, 3.63) is 107 Å². The van der Waals surface area contributed by atoms with Crippen LogP contribution in [0.3, 0.4) is 0 Å². The lowest BCUT2D eigenvalue weighted by atomic mass is 9.84. The van der Waals surface area contributed by atoms with E-state index in [4.69, 9.17) is 17.3 Å². The number of amides is 1. The fourth-order valence-corrected chi connectivity index (χ4v) is 3.08. The van der Waals surface area contributed by atoms with Crippen molar-refractivity contribution >= 4 is 17.5 Å². The van der Waals surface area contributed by atoms with Gasteiger partial charge in [0.15, 0.2) is 0 Å². The number of rotatable bonds is 4. The zero-order chi connectivity index (χ0) is 16.3. The van der Waals surface area contributed by atoms with Crippen molar-refractivity contribution < 1.29 is 4.79 Å². The molecule has 0 saturated carbocycles. The van der Waals surface area contributed by atoms with Crippen LogP contribution in [-0.2, 0) is 4.87 Å². The van der Waals surface area contributed by atoms with Crippen molar-refractivity contribution in [2.24, 2.45) is 5.73 Å². The molecule has 114 valence electrons. The van der Waals surface area contributed by atoms with E-state index in [0.717, 1.165) is 16.7 Å². The van der Waals surface area contributed by atoms with Crippen LogP contribution in [0.15, 0.2) is 84.9 Å². The summed E-state index contributed by atoms with van der Waals surface area (Å²) in [4.78, 5) is 10.5. The van der Waals surface area contributed by atoms with Gasteiger partial charge in [0.25, 0.3) is 0 Å². The van der Waals surface area contributed by atoms with Crippen molar-refractivity contribution in [2.45, 2.75) is 4.87 Å². The second-order valence-corrected chi connectivity index (χ2v) is 5.90. The van der Waals surface area contributed by atoms with Gasteiger partial charge in [-0.2, -0.15) is 0 Å². The fourth-order valence-electron chi connectivity index (χ4n) is 2.70. The number of carbonyl (C=O) groups is 1. The highest BCUT2D eigenvalue weighted by Gasteiger charge is 2.33. The summed E-state index contributed by atoms with van der Waals surface area (Å²) in [7, 11) is 0. The summed E-state index contributed by atoms with van der Waals surface area (Å²) in [5.41, 5.74) is 8.62. The molecule has 1 amide bonds. The van der Waals surface area contributed by atoms with Gasteiger partial charge in [-0.3, -0.25) is 4.79 Å². The van der Waals surface area contributed by atoms with Crippen molar-refractivity contribution in [3.8, 4) is 0 Å². The molecule has 0 radical (unpaired) electrons. The van der Waals surface area contributed by atoms with Gasteiger partial charge in [0.2, 0.25) is 5.91 Å². The molecule has 0 atom stereocenters. The Labute approximate surface area is 140 Å².